The molecule has 0 aromatic heterocycles. The molecule has 1 aliphatic carbocycles. The second-order valence-corrected chi connectivity index (χ2v) is 6.25. The predicted octanol–water partition coefficient (Wildman–Crippen LogP) is 3.98. The van der Waals surface area contributed by atoms with Gasteiger partial charge in [0, 0.05) is 22.9 Å². The molecule has 20 heavy (non-hydrogen) atoms. The minimum absolute atomic E-state index is 0.181. The van der Waals surface area contributed by atoms with E-state index in [1.54, 1.807) is 6.07 Å². The highest BCUT2D eigenvalue weighted by Gasteiger charge is 2.44. The maximum atomic E-state index is 11.9. The number of fused-ring (bicyclic) bond motifs is 1. The molecule has 1 saturated carbocycles. The average Bonchev–Trinajstić information content (AvgIpc) is 2.83. The summed E-state index contributed by atoms with van der Waals surface area (Å²) in [5.74, 6) is -0.162. The van der Waals surface area contributed by atoms with Crippen molar-refractivity contribution in [2.24, 2.45) is 0 Å². The lowest BCUT2D eigenvalue weighted by molar-refractivity contribution is -0.221. The van der Waals surface area contributed by atoms with Crippen LogP contribution in [0.1, 0.15) is 54.6 Å². The fourth-order valence-corrected chi connectivity index (χ4v) is 3.55. The molecule has 0 saturated heterocycles. The lowest BCUT2D eigenvalue weighted by Gasteiger charge is -2.39. The van der Waals surface area contributed by atoms with Gasteiger partial charge in [-0.05, 0) is 31.9 Å². The molecule has 2 aliphatic rings. The van der Waals surface area contributed by atoms with Gasteiger partial charge < -0.3 is 14.2 Å². The van der Waals surface area contributed by atoms with E-state index in [-0.39, 0.29) is 12.1 Å². The van der Waals surface area contributed by atoms with Gasteiger partial charge in [-0.15, -0.1) is 0 Å². The molecule has 0 radical (unpaired) electrons. The van der Waals surface area contributed by atoms with Gasteiger partial charge in [0.25, 0.3) is 0 Å². The number of carbonyl (C=O) groups excluding carboxylic acids is 1. The van der Waals surface area contributed by atoms with E-state index in [2.05, 4.69) is 15.9 Å². The third kappa shape index (κ3) is 2.23. The summed E-state index contributed by atoms with van der Waals surface area (Å²) < 4.78 is 17.9. The van der Waals surface area contributed by atoms with Gasteiger partial charge >= 0.3 is 5.97 Å². The fourth-order valence-electron chi connectivity index (χ4n) is 3.11. The van der Waals surface area contributed by atoms with Crippen molar-refractivity contribution in [1.82, 2.24) is 0 Å². The molecule has 0 N–H and O–H groups in total. The van der Waals surface area contributed by atoms with E-state index in [1.807, 2.05) is 13.0 Å². The summed E-state index contributed by atoms with van der Waals surface area (Å²) in [5.41, 5.74) is 1.27. The van der Waals surface area contributed by atoms with Crippen LogP contribution in [0.4, 0.5) is 0 Å². The van der Waals surface area contributed by atoms with Crippen molar-refractivity contribution < 1.29 is 19.0 Å². The topological polar surface area (TPSA) is 44.8 Å². The molecular weight excluding hydrogens is 324 g/mol. The molecule has 1 unspecified atom stereocenters. The third-order valence-electron chi connectivity index (χ3n) is 3.97. The number of ether oxygens (including phenoxy) is 3. The van der Waals surface area contributed by atoms with Gasteiger partial charge in [0.15, 0.2) is 0 Å². The molecule has 1 aromatic rings. The third-order valence-corrected chi connectivity index (χ3v) is 4.43. The van der Waals surface area contributed by atoms with Gasteiger partial charge in [0.05, 0.1) is 18.8 Å². The Hall–Kier alpha value is -1.07. The first-order chi connectivity index (χ1) is 9.54. The number of benzene rings is 1. The molecule has 5 heteroatoms. The largest absolute Gasteiger partial charge is 0.465 e. The summed E-state index contributed by atoms with van der Waals surface area (Å²) in [6, 6.07) is 3.65. The molecule has 0 bridgehead atoms. The Morgan fingerprint density at radius 3 is 2.75 bits per heavy atom. The smallest absolute Gasteiger partial charge is 0.338 e. The minimum atomic E-state index is -0.513. The van der Waals surface area contributed by atoms with Crippen LogP contribution in [0.3, 0.4) is 0 Å². The standard InChI is InChI=1S/C15H17BrO4/c1-9-13-11(14(17)18-2)7-10(16)8-12(13)20-15(19-9)5-3-4-6-15/h7-9H,3-6H2,1-2H3. The van der Waals surface area contributed by atoms with Crippen LogP contribution in [-0.4, -0.2) is 18.9 Å². The SMILES string of the molecule is COC(=O)c1cc(Br)cc2c1C(C)OC1(CCCC1)O2. The summed E-state index contributed by atoms with van der Waals surface area (Å²) >= 11 is 3.43. The van der Waals surface area contributed by atoms with E-state index in [1.165, 1.54) is 7.11 Å². The van der Waals surface area contributed by atoms with E-state index < -0.39 is 5.79 Å². The van der Waals surface area contributed by atoms with Crippen LogP contribution in [0.5, 0.6) is 5.75 Å². The van der Waals surface area contributed by atoms with Gasteiger partial charge in [-0.2, -0.15) is 0 Å². The van der Waals surface area contributed by atoms with Gasteiger partial charge in [0.2, 0.25) is 5.79 Å². The van der Waals surface area contributed by atoms with Crippen LogP contribution in [0.15, 0.2) is 16.6 Å². The Labute approximate surface area is 126 Å². The van der Waals surface area contributed by atoms with Crippen molar-refractivity contribution in [3.05, 3.63) is 27.7 Å². The number of halogens is 1. The zero-order valence-corrected chi connectivity index (χ0v) is 13.2. The number of methoxy groups -OCH3 is 1. The number of hydrogen-bond donors (Lipinski definition) is 0. The molecule has 1 fully saturated rings. The van der Waals surface area contributed by atoms with Crippen molar-refractivity contribution in [2.45, 2.75) is 44.5 Å². The first-order valence-corrected chi connectivity index (χ1v) is 7.62. The van der Waals surface area contributed by atoms with Crippen LogP contribution < -0.4 is 4.74 Å². The van der Waals surface area contributed by atoms with Crippen LogP contribution >= 0.6 is 15.9 Å². The Morgan fingerprint density at radius 2 is 2.10 bits per heavy atom. The highest BCUT2D eigenvalue weighted by atomic mass is 79.9. The number of rotatable bonds is 1. The lowest BCUT2D eigenvalue weighted by atomic mass is 9.99. The Balaban J connectivity index is 2.08. The Bertz CT molecular complexity index is 549. The molecule has 3 rings (SSSR count). The summed E-state index contributed by atoms with van der Waals surface area (Å²) in [6.07, 6.45) is 3.84. The fraction of sp³-hybridized carbons (Fsp3) is 0.533. The summed E-state index contributed by atoms with van der Waals surface area (Å²) in [5, 5.41) is 0. The molecule has 1 spiro atoms. The molecule has 1 aliphatic heterocycles. The van der Waals surface area contributed by atoms with E-state index in [9.17, 15) is 4.79 Å². The highest BCUT2D eigenvalue weighted by molar-refractivity contribution is 9.10. The maximum Gasteiger partial charge on any atom is 0.338 e. The van der Waals surface area contributed by atoms with Crippen LogP contribution in [0.25, 0.3) is 0 Å². The van der Waals surface area contributed by atoms with E-state index in [4.69, 9.17) is 14.2 Å². The quantitative estimate of drug-likeness (QED) is 0.725. The van der Waals surface area contributed by atoms with Gasteiger partial charge in [-0.25, -0.2) is 4.79 Å². The highest BCUT2D eigenvalue weighted by Crippen LogP contribution is 2.47. The van der Waals surface area contributed by atoms with Crippen LogP contribution in [0, 0.1) is 0 Å². The molecule has 4 nitrogen and oxygen atoms in total. The van der Waals surface area contributed by atoms with Crippen LogP contribution in [0.2, 0.25) is 0 Å². The predicted molar refractivity (Wildman–Crippen MR) is 76.8 cm³/mol. The minimum Gasteiger partial charge on any atom is -0.465 e. The van der Waals surface area contributed by atoms with Gasteiger partial charge in [0.1, 0.15) is 5.75 Å². The van der Waals surface area contributed by atoms with Crippen molar-refractivity contribution in [1.29, 1.82) is 0 Å². The van der Waals surface area contributed by atoms with E-state index in [0.717, 1.165) is 41.5 Å². The average molecular weight is 341 g/mol. The van der Waals surface area contributed by atoms with Crippen molar-refractivity contribution in [3.8, 4) is 5.75 Å². The summed E-state index contributed by atoms with van der Waals surface area (Å²) in [6.45, 7) is 1.96. The number of hydrogen-bond acceptors (Lipinski definition) is 4. The zero-order valence-electron chi connectivity index (χ0n) is 11.6. The molecule has 0 amide bonds. The lowest BCUT2D eigenvalue weighted by Crippen LogP contribution is -2.41. The number of esters is 1. The summed E-state index contributed by atoms with van der Waals surface area (Å²) in [7, 11) is 1.38. The molecular formula is C15H17BrO4. The Morgan fingerprint density at radius 1 is 1.40 bits per heavy atom. The molecule has 1 aromatic carbocycles. The van der Waals surface area contributed by atoms with E-state index in [0.29, 0.717) is 5.56 Å². The monoisotopic (exact) mass is 340 g/mol. The first kappa shape index (κ1) is 13.9. The maximum absolute atomic E-state index is 11.9. The normalized spacial score (nSPS) is 23.2. The van der Waals surface area contributed by atoms with Gasteiger partial charge in [-0.3, -0.25) is 0 Å². The molecule has 108 valence electrons. The first-order valence-electron chi connectivity index (χ1n) is 6.83. The van der Waals surface area contributed by atoms with Crippen molar-refractivity contribution in [2.75, 3.05) is 7.11 Å². The van der Waals surface area contributed by atoms with Crippen LogP contribution in [-0.2, 0) is 9.47 Å². The zero-order chi connectivity index (χ0) is 14.3. The molecule has 1 atom stereocenters. The van der Waals surface area contributed by atoms with Crippen molar-refractivity contribution in [3.63, 3.8) is 0 Å². The van der Waals surface area contributed by atoms with Crippen molar-refractivity contribution >= 4 is 21.9 Å². The Kier molecular flexibility index (Phi) is 3.50. The molecule has 1 heterocycles. The second-order valence-electron chi connectivity index (χ2n) is 5.34. The van der Waals surface area contributed by atoms with Gasteiger partial charge in [-0.1, -0.05) is 15.9 Å². The second kappa shape index (κ2) is 5.04. The number of carbonyl (C=O) groups is 1. The van der Waals surface area contributed by atoms with E-state index >= 15 is 0 Å². The summed E-state index contributed by atoms with van der Waals surface area (Å²) in [4.78, 5) is 11.9.